The largest absolute Gasteiger partial charge is 0.334 e. The van der Waals surface area contributed by atoms with E-state index in [0.717, 1.165) is 12.1 Å². The molecular weight excluding hydrogens is 194 g/mol. The number of aromatic nitrogens is 2. The Hall–Kier alpha value is -1.00. The molecule has 3 nitrogen and oxygen atoms in total. The number of benzene rings is 1. The van der Waals surface area contributed by atoms with Gasteiger partial charge >= 0.3 is 0 Å². The van der Waals surface area contributed by atoms with Crippen molar-refractivity contribution in [2.24, 2.45) is 7.05 Å². The molecule has 1 aromatic heterocycles. The zero-order valence-electron chi connectivity index (χ0n) is 8.07. The van der Waals surface area contributed by atoms with Gasteiger partial charge in [0, 0.05) is 19.5 Å². The summed E-state index contributed by atoms with van der Waals surface area (Å²) in [7, 11) is 2.00. The van der Waals surface area contributed by atoms with Gasteiger partial charge in [-0.15, -0.1) is 0 Å². The van der Waals surface area contributed by atoms with Gasteiger partial charge in [-0.3, -0.25) is 0 Å². The molecular formula is C10H13N3S. The standard InChI is InChI=1S/C10H13N3S/c1-13-6-12-9-4-8(5-11-7-14)2-3-10(9)13/h2-4,6,11,14H,5,7H2,1H3. The van der Waals surface area contributed by atoms with E-state index in [1.54, 1.807) is 0 Å². The topological polar surface area (TPSA) is 29.9 Å². The summed E-state index contributed by atoms with van der Waals surface area (Å²) in [5.74, 6) is 0.695. The normalized spacial score (nSPS) is 11.0. The van der Waals surface area contributed by atoms with Crippen molar-refractivity contribution in [3.8, 4) is 0 Å². The third-order valence-corrected chi connectivity index (χ3v) is 2.45. The Bertz CT molecular complexity index is 436. The van der Waals surface area contributed by atoms with E-state index >= 15 is 0 Å². The first kappa shape index (κ1) is 9.55. The van der Waals surface area contributed by atoms with E-state index in [1.807, 2.05) is 17.9 Å². The molecule has 2 rings (SSSR count). The van der Waals surface area contributed by atoms with Crippen LogP contribution in [-0.2, 0) is 13.6 Å². The van der Waals surface area contributed by atoms with Crippen LogP contribution < -0.4 is 5.32 Å². The number of imidazole rings is 1. The SMILES string of the molecule is Cn1cnc2cc(CNCS)ccc21. The van der Waals surface area contributed by atoms with Crippen molar-refractivity contribution in [1.82, 2.24) is 14.9 Å². The van der Waals surface area contributed by atoms with Crippen molar-refractivity contribution >= 4 is 23.7 Å². The minimum Gasteiger partial charge on any atom is -0.334 e. The lowest BCUT2D eigenvalue weighted by Gasteiger charge is -2.01. The van der Waals surface area contributed by atoms with Gasteiger partial charge in [0.25, 0.3) is 0 Å². The van der Waals surface area contributed by atoms with Gasteiger partial charge in [0.2, 0.25) is 0 Å². The molecule has 0 saturated heterocycles. The summed E-state index contributed by atoms with van der Waals surface area (Å²) < 4.78 is 2.02. The Balaban J connectivity index is 2.32. The molecule has 0 atom stereocenters. The molecule has 0 fully saturated rings. The maximum absolute atomic E-state index is 4.30. The summed E-state index contributed by atoms with van der Waals surface area (Å²) in [4.78, 5) is 4.30. The molecule has 0 saturated carbocycles. The third kappa shape index (κ3) is 1.76. The van der Waals surface area contributed by atoms with Gasteiger partial charge < -0.3 is 9.88 Å². The number of fused-ring (bicyclic) bond motifs is 1. The summed E-state index contributed by atoms with van der Waals surface area (Å²) in [6.45, 7) is 0.843. The molecule has 0 aliphatic rings. The number of nitrogens with zero attached hydrogens (tertiary/aromatic N) is 2. The predicted octanol–water partition coefficient (Wildman–Crippen LogP) is 1.55. The molecule has 14 heavy (non-hydrogen) atoms. The van der Waals surface area contributed by atoms with Crippen LogP contribution in [0.3, 0.4) is 0 Å². The van der Waals surface area contributed by atoms with E-state index in [4.69, 9.17) is 0 Å². The second-order valence-corrected chi connectivity index (χ2v) is 3.58. The van der Waals surface area contributed by atoms with Crippen LogP contribution in [0.1, 0.15) is 5.56 Å². The van der Waals surface area contributed by atoms with Crippen molar-refractivity contribution in [3.05, 3.63) is 30.1 Å². The minimum absolute atomic E-state index is 0.695. The minimum atomic E-state index is 0.695. The van der Waals surface area contributed by atoms with Crippen LogP contribution in [-0.4, -0.2) is 15.4 Å². The van der Waals surface area contributed by atoms with E-state index in [-0.39, 0.29) is 0 Å². The Morgan fingerprint density at radius 2 is 2.36 bits per heavy atom. The lowest BCUT2D eigenvalue weighted by Crippen LogP contribution is -2.09. The van der Waals surface area contributed by atoms with Crippen LogP contribution in [0.5, 0.6) is 0 Å². The van der Waals surface area contributed by atoms with Crippen molar-refractivity contribution in [3.63, 3.8) is 0 Å². The summed E-state index contributed by atoms with van der Waals surface area (Å²) >= 11 is 4.10. The van der Waals surface area contributed by atoms with Crippen LogP contribution in [0.2, 0.25) is 0 Å². The van der Waals surface area contributed by atoms with Gasteiger partial charge in [0.1, 0.15) is 0 Å². The Kier molecular flexibility index (Phi) is 2.74. The molecule has 0 radical (unpaired) electrons. The highest BCUT2D eigenvalue weighted by atomic mass is 32.1. The molecule has 1 N–H and O–H groups in total. The second kappa shape index (κ2) is 4.02. The Morgan fingerprint density at radius 1 is 1.50 bits per heavy atom. The first-order chi connectivity index (χ1) is 6.81. The van der Waals surface area contributed by atoms with Gasteiger partial charge in [0.15, 0.2) is 0 Å². The van der Waals surface area contributed by atoms with E-state index in [9.17, 15) is 0 Å². The molecule has 0 spiro atoms. The maximum atomic E-state index is 4.30. The lowest BCUT2D eigenvalue weighted by atomic mass is 10.2. The van der Waals surface area contributed by atoms with E-state index in [0.29, 0.717) is 5.88 Å². The van der Waals surface area contributed by atoms with Gasteiger partial charge in [-0.2, -0.15) is 12.6 Å². The van der Waals surface area contributed by atoms with Crippen molar-refractivity contribution in [2.75, 3.05) is 5.88 Å². The second-order valence-electron chi connectivity index (χ2n) is 3.26. The van der Waals surface area contributed by atoms with E-state index in [1.165, 1.54) is 11.1 Å². The zero-order valence-corrected chi connectivity index (χ0v) is 8.96. The molecule has 74 valence electrons. The van der Waals surface area contributed by atoms with Crippen molar-refractivity contribution < 1.29 is 0 Å². The zero-order chi connectivity index (χ0) is 9.97. The summed E-state index contributed by atoms with van der Waals surface area (Å²) in [6, 6.07) is 6.31. The van der Waals surface area contributed by atoms with E-state index < -0.39 is 0 Å². The number of hydrogen-bond acceptors (Lipinski definition) is 3. The summed E-state index contributed by atoms with van der Waals surface area (Å²) in [6.07, 6.45) is 1.83. The monoisotopic (exact) mass is 207 g/mol. The average Bonchev–Trinajstić information content (AvgIpc) is 2.57. The molecule has 1 heterocycles. The highest BCUT2D eigenvalue weighted by Crippen LogP contribution is 2.13. The fraction of sp³-hybridized carbons (Fsp3) is 0.300. The predicted molar refractivity (Wildman–Crippen MR) is 61.4 cm³/mol. The fourth-order valence-electron chi connectivity index (χ4n) is 1.49. The van der Waals surface area contributed by atoms with Crippen molar-refractivity contribution in [1.29, 1.82) is 0 Å². The quantitative estimate of drug-likeness (QED) is 0.591. The number of nitrogens with one attached hydrogen (secondary N) is 1. The van der Waals surface area contributed by atoms with Crippen LogP contribution in [0, 0.1) is 0 Å². The van der Waals surface area contributed by atoms with Crippen LogP contribution in [0.25, 0.3) is 11.0 Å². The fourth-order valence-corrected chi connectivity index (χ4v) is 1.60. The highest BCUT2D eigenvalue weighted by molar-refractivity contribution is 7.80. The molecule has 2 aromatic rings. The summed E-state index contributed by atoms with van der Waals surface area (Å²) in [5, 5.41) is 3.17. The summed E-state index contributed by atoms with van der Waals surface area (Å²) in [5.41, 5.74) is 3.45. The number of rotatable bonds is 3. The first-order valence-corrected chi connectivity index (χ1v) is 5.16. The molecule has 0 amide bonds. The number of thiol groups is 1. The Labute approximate surface area is 88.6 Å². The Morgan fingerprint density at radius 3 is 3.14 bits per heavy atom. The van der Waals surface area contributed by atoms with Gasteiger partial charge in [0.05, 0.1) is 17.4 Å². The van der Waals surface area contributed by atoms with Gasteiger partial charge in [-0.1, -0.05) is 6.07 Å². The number of hydrogen-bond donors (Lipinski definition) is 2. The molecule has 0 unspecified atom stereocenters. The molecule has 0 aliphatic carbocycles. The smallest absolute Gasteiger partial charge is 0.0955 e. The first-order valence-electron chi connectivity index (χ1n) is 4.53. The van der Waals surface area contributed by atoms with Crippen LogP contribution in [0.15, 0.2) is 24.5 Å². The van der Waals surface area contributed by atoms with Gasteiger partial charge in [-0.05, 0) is 17.7 Å². The van der Waals surface area contributed by atoms with Crippen LogP contribution >= 0.6 is 12.6 Å². The number of aryl methyl sites for hydroxylation is 1. The molecule has 4 heteroatoms. The lowest BCUT2D eigenvalue weighted by molar-refractivity contribution is 0.799. The van der Waals surface area contributed by atoms with Crippen LogP contribution in [0.4, 0.5) is 0 Å². The maximum Gasteiger partial charge on any atom is 0.0955 e. The van der Waals surface area contributed by atoms with E-state index in [2.05, 4.69) is 41.1 Å². The highest BCUT2D eigenvalue weighted by Gasteiger charge is 2.00. The third-order valence-electron chi connectivity index (χ3n) is 2.23. The van der Waals surface area contributed by atoms with Crippen molar-refractivity contribution in [2.45, 2.75) is 6.54 Å². The van der Waals surface area contributed by atoms with Gasteiger partial charge in [-0.25, -0.2) is 4.98 Å². The molecule has 0 bridgehead atoms. The average molecular weight is 207 g/mol. The molecule has 0 aliphatic heterocycles. The molecule has 1 aromatic carbocycles.